The summed E-state index contributed by atoms with van der Waals surface area (Å²) in [5, 5.41) is 7.01. The summed E-state index contributed by atoms with van der Waals surface area (Å²) in [6.45, 7) is 1.39. The van der Waals surface area contributed by atoms with Gasteiger partial charge in [0.25, 0.3) is 10.2 Å². The van der Waals surface area contributed by atoms with Gasteiger partial charge in [-0.3, -0.25) is 5.41 Å². The summed E-state index contributed by atoms with van der Waals surface area (Å²) >= 11 is 0. The maximum atomic E-state index is 11.8. The number of nitrogens with one attached hydrogen (secondary N) is 2. The van der Waals surface area contributed by atoms with E-state index in [9.17, 15) is 8.42 Å². The minimum atomic E-state index is -3.37. The Balaban J connectivity index is 2.44. The Labute approximate surface area is 96.9 Å². The molecule has 0 aromatic rings. The molecular weight excluding hydrogens is 228 g/mol. The molecule has 0 atom stereocenters. The van der Waals surface area contributed by atoms with Crippen LogP contribution in [0.3, 0.4) is 0 Å². The zero-order valence-electron chi connectivity index (χ0n) is 9.41. The van der Waals surface area contributed by atoms with Gasteiger partial charge in [-0.05, 0) is 12.8 Å². The molecule has 1 aliphatic rings. The topological polar surface area (TPSA) is 99.3 Å². The standard InChI is InChI=1S/C9H20N4O2S/c10-9(11)5-6-12-16(14,15)13-7-3-1-2-4-8-13/h12H,1-8H2,(H3,10,11). The summed E-state index contributed by atoms with van der Waals surface area (Å²) in [5.74, 6) is -0.00133. The summed E-state index contributed by atoms with van der Waals surface area (Å²) in [4.78, 5) is 0. The van der Waals surface area contributed by atoms with Crippen LogP contribution in [-0.2, 0) is 10.2 Å². The van der Waals surface area contributed by atoms with Gasteiger partial charge in [-0.25, -0.2) is 4.72 Å². The van der Waals surface area contributed by atoms with E-state index in [2.05, 4.69) is 4.72 Å². The van der Waals surface area contributed by atoms with Crippen molar-refractivity contribution >= 4 is 16.0 Å². The van der Waals surface area contributed by atoms with Gasteiger partial charge in [-0.15, -0.1) is 0 Å². The molecule has 6 nitrogen and oxygen atoms in total. The average molecular weight is 248 g/mol. The number of nitrogens with two attached hydrogens (primary N) is 1. The van der Waals surface area contributed by atoms with Crippen molar-refractivity contribution in [2.45, 2.75) is 32.1 Å². The van der Waals surface area contributed by atoms with Crippen molar-refractivity contribution in [3.63, 3.8) is 0 Å². The first-order chi connectivity index (χ1) is 7.52. The van der Waals surface area contributed by atoms with E-state index in [0.717, 1.165) is 25.7 Å². The van der Waals surface area contributed by atoms with Gasteiger partial charge in [-0.2, -0.15) is 12.7 Å². The fourth-order valence-corrected chi connectivity index (χ4v) is 2.97. The molecule has 4 N–H and O–H groups in total. The van der Waals surface area contributed by atoms with Crippen molar-refractivity contribution in [2.75, 3.05) is 19.6 Å². The molecule has 0 bridgehead atoms. The maximum Gasteiger partial charge on any atom is 0.279 e. The third kappa shape index (κ3) is 4.46. The second kappa shape index (κ2) is 6.17. The lowest BCUT2D eigenvalue weighted by Gasteiger charge is -2.20. The van der Waals surface area contributed by atoms with E-state index in [1.165, 1.54) is 4.31 Å². The van der Waals surface area contributed by atoms with Crippen LogP contribution < -0.4 is 10.5 Å². The Morgan fingerprint density at radius 1 is 1.25 bits per heavy atom. The number of rotatable bonds is 5. The molecule has 0 spiro atoms. The normalized spacial score (nSPS) is 19.2. The van der Waals surface area contributed by atoms with E-state index < -0.39 is 10.2 Å². The van der Waals surface area contributed by atoms with Crippen LogP contribution in [0.2, 0.25) is 0 Å². The highest BCUT2D eigenvalue weighted by atomic mass is 32.2. The van der Waals surface area contributed by atoms with Gasteiger partial charge >= 0.3 is 0 Å². The Bertz CT molecular complexity index is 320. The van der Waals surface area contributed by atoms with E-state index in [4.69, 9.17) is 11.1 Å². The molecule has 94 valence electrons. The Morgan fingerprint density at radius 2 is 1.81 bits per heavy atom. The quantitative estimate of drug-likeness (QED) is 0.472. The number of amidine groups is 1. The van der Waals surface area contributed by atoms with Crippen LogP contribution in [0.25, 0.3) is 0 Å². The average Bonchev–Trinajstić information content (AvgIpc) is 2.44. The van der Waals surface area contributed by atoms with Crippen LogP contribution in [-0.4, -0.2) is 38.2 Å². The smallest absolute Gasteiger partial charge is 0.279 e. The van der Waals surface area contributed by atoms with Crippen molar-refractivity contribution in [3.8, 4) is 0 Å². The van der Waals surface area contributed by atoms with Crippen molar-refractivity contribution in [2.24, 2.45) is 5.73 Å². The minimum absolute atomic E-state index is 0.00133. The molecular formula is C9H20N4O2S. The number of hydrogen-bond donors (Lipinski definition) is 3. The first-order valence-electron chi connectivity index (χ1n) is 5.60. The highest BCUT2D eigenvalue weighted by Gasteiger charge is 2.21. The van der Waals surface area contributed by atoms with Crippen LogP contribution in [0.1, 0.15) is 32.1 Å². The molecule has 1 aliphatic heterocycles. The lowest BCUT2D eigenvalue weighted by atomic mass is 10.2. The third-order valence-corrected chi connectivity index (χ3v) is 4.20. The molecule has 0 saturated carbocycles. The molecule has 0 aromatic heterocycles. The molecule has 1 heterocycles. The molecule has 0 aliphatic carbocycles. The molecule has 16 heavy (non-hydrogen) atoms. The molecule has 0 amide bonds. The van der Waals surface area contributed by atoms with Crippen molar-refractivity contribution in [1.29, 1.82) is 5.41 Å². The predicted molar refractivity (Wildman–Crippen MR) is 63.5 cm³/mol. The van der Waals surface area contributed by atoms with Gasteiger partial charge in [0, 0.05) is 26.1 Å². The lowest BCUT2D eigenvalue weighted by molar-refractivity contribution is 0.415. The second-order valence-electron chi connectivity index (χ2n) is 3.99. The maximum absolute atomic E-state index is 11.8. The minimum Gasteiger partial charge on any atom is -0.388 e. The molecule has 0 aromatic carbocycles. The third-order valence-electron chi connectivity index (χ3n) is 2.58. The highest BCUT2D eigenvalue weighted by Crippen LogP contribution is 2.12. The van der Waals surface area contributed by atoms with Crippen LogP contribution in [0.5, 0.6) is 0 Å². The van der Waals surface area contributed by atoms with Crippen LogP contribution in [0, 0.1) is 5.41 Å². The monoisotopic (exact) mass is 248 g/mol. The summed E-state index contributed by atoms with van der Waals surface area (Å²) in [6.07, 6.45) is 4.30. The fourth-order valence-electron chi connectivity index (χ4n) is 1.69. The molecule has 7 heteroatoms. The zero-order valence-corrected chi connectivity index (χ0v) is 10.2. The van der Waals surface area contributed by atoms with Gasteiger partial charge < -0.3 is 5.73 Å². The largest absolute Gasteiger partial charge is 0.388 e. The van der Waals surface area contributed by atoms with E-state index in [1.54, 1.807) is 0 Å². The number of nitrogens with zero attached hydrogens (tertiary/aromatic N) is 1. The lowest BCUT2D eigenvalue weighted by Crippen LogP contribution is -2.42. The first kappa shape index (κ1) is 13.4. The van der Waals surface area contributed by atoms with Gasteiger partial charge in [0.15, 0.2) is 0 Å². The Morgan fingerprint density at radius 3 is 2.31 bits per heavy atom. The zero-order chi connectivity index (χ0) is 12.0. The Hall–Kier alpha value is -0.660. The molecule has 0 unspecified atom stereocenters. The van der Waals surface area contributed by atoms with Crippen LogP contribution in [0.4, 0.5) is 0 Å². The second-order valence-corrected chi connectivity index (χ2v) is 5.74. The SMILES string of the molecule is N=C(N)CCNS(=O)(=O)N1CCCCCC1. The molecule has 1 rings (SSSR count). The van der Waals surface area contributed by atoms with Crippen molar-refractivity contribution < 1.29 is 8.42 Å². The highest BCUT2D eigenvalue weighted by molar-refractivity contribution is 7.87. The predicted octanol–water partition coefficient (Wildman–Crippen LogP) is 0.0229. The summed E-state index contributed by atoms with van der Waals surface area (Å²) in [6, 6.07) is 0. The molecule has 0 radical (unpaired) electrons. The van der Waals surface area contributed by atoms with E-state index in [0.29, 0.717) is 13.1 Å². The van der Waals surface area contributed by atoms with Gasteiger partial charge in [0.05, 0.1) is 5.84 Å². The summed E-state index contributed by atoms with van der Waals surface area (Å²) in [5.41, 5.74) is 5.16. The summed E-state index contributed by atoms with van der Waals surface area (Å²) < 4.78 is 27.6. The fraction of sp³-hybridized carbons (Fsp3) is 0.889. The first-order valence-corrected chi connectivity index (χ1v) is 7.04. The van der Waals surface area contributed by atoms with E-state index >= 15 is 0 Å². The van der Waals surface area contributed by atoms with Gasteiger partial charge in [-0.1, -0.05) is 12.8 Å². The number of hydrogen-bond acceptors (Lipinski definition) is 3. The molecule has 1 saturated heterocycles. The van der Waals surface area contributed by atoms with Crippen molar-refractivity contribution in [1.82, 2.24) is 9.03 Å². The summed E-state index contributed by atoms with van der Waals surface area (Å²) in [7, 11) is -3.37. The van der Waals surface area contributed by atoms with E-state index in [-0.39, 0.29) is 18.8 Å². The van der Waals surface area contributed by atoms with E-state index in [1.807, 2.05) is 0 Å². The van der Waals surface area contributed by atoms with Gasteiger partial charge in [0.1, 0.15) is 0 Å². The van der Waals surface area contributed by atoms with Gasteiger partial charge in [0.2, 0.25) is 0 Å². The molecule has 1 fully saturated rings. The van der Waals surface area contributed by atoms with Crippen LogP contribution in [0.15, 0.2) is 0 Å². The van der Waals surface area contributed by atoms with Crippen LogP contribution >= 0.6 is 0 Å². The van der Waals surface area contributed by atoms with Crippen molar-refractivity contribution in [3.05, 3.63) is 0 Å². The Kier molecular flexibility index (Phi) is 5.17.